The standard InChI is InChI=1S/C18H20FN7OS/c1-10-9-11(2)26(24-10)17-22-23-18(25(17)20)28-15(16(27)21-14-7-8-14)12-3-5-13(19)6-4-12/h3-6,9,14-15H,7-8,20H2,1-2H3,(H,21,27). The molecule has 0 saturated heterocycles. The van der Waals surface area contributed by atoms with Crippen molar-refractivity contribution in [1.29, 1.82) is 0 Å². The van der Waals surface area contributed by atoms with Crippen LogP contribution in [0.5, 0.6) is 0 Å². The third-order valence-electron chi connectivity index (χ3n) is 4.40. The van der Waals surface area contributed by atoms with Crippen LogP contribution in [0.1, 0.15) is 35.0 Å². The van der Waals surface area contributed by atoms with Crippen LogP contribution in [-0.4, -0.2) is 36.6 Å². The molecule has 3 N–H and O–H groups in total. The zero-order chi connectivity index (χ0) is 19.8. The van der Waals surface area contributed by atoms with Crippen molar-refractivity contribution in [2.75, 3.05) is 5.84 Å². The summed E-state index contributed by atoms with van der Waals surface area (Å²) < 4.78 is 16.2. The maximum atomic E-state index is 13.3. The largest absolute Gasteiger partial charge is 0.352 e. The van der Waals surface area contributed by atoms with Gasteiger partial charge in [0.1, 0.15) is 11.1 Å². The van der Waals surface area contributed by atoms with E-state index in [1.54, 1.807) is 16.8 Å². The second-order valence-corrected chi connectivity index (χ2v) is 7.90. The minimum atomic E-state index is -0.624. The smallest absolute Gasteiger partial charge is 0.271 e. The van der Waals surface area contributed by atoms with E-state index in [1.807, 2.05) is 19.9 Å². The summed E-state index contributed by atoms with van der Waals surface area (Å²) in [5, 5.41) is 15.4. The molecule has 8 nitrogen and oxygen atoms in total. The third kappa shape index (κ3) is 3.72. The summed E-state index contributed by atoms with van der Waals surface area (Å²) in [4.78, 5) is 12.8. The first-order valence-electron chi connectivity index (χ1n) is 8.89. The van der Waals surface area contributed by atoms with E-state index in [1.165, 1.54) is 28.6 Å². The molecule has 3 aromatic rings. The molecule has 1 aliphatic carbocycles. The summed E-state index contributed by atoms with van der Waals surface area (Å²) >= 11 is 1.17. The Morgan fingerprint density at radius 2 is 2.00 bits per heavy atom. The number of hydrogen-bond donors (Lipinski definition) is 2. The van der Waals surface area contributed by atoms with Gasteiger partial charge < -0.3 is 11.2 Å². The molecule has 28 heavy (non-hydrogen) atoms. The number of aryl methyl sites for hydroxylation is 2. The molecule has 146 valence electrons. The minimum absolute atomic E-state index is 0.158. The molecule has 1 aromatic carbocycles. The lowest BCUT2D eigenvalue weighted by atomic mass is 10.1. The number of nitrogens with two attached hydrogens (primary N) is 1. The highest BCUT2D eigenvalue weighted by Crippen LogP contribution is 2.35. The normalized spacial score (nSPS) is 14.8. The van der Waals surface area contributed by atoms with Crippen LogP contribution in [0.25, 0.3) is 5.95 Å². The van der Waals surface area contributed by atoms with Crippen LogP contribution in [0.15, 0.2) is 35.5 Å². The van der Waals surface area contributed by atoms with Gasteiger partial charge >= 0.3 is 0 Å². The quantitative estimate of drug-likeness (QED) is 0.484. The second kappa shape index (κ2) is 7.27. The fourth-order valence-electron chi connectivity index (χ4n) is 2.85. The lowest BCUT2D eigenvalue weighted by molar-refractivity contribution is -0.120. The van der Waals surface area contributed by atoms with Crippen molar-refractivity contribution in [2.45, 2.75) is 43.1 Å². The van der Waals surface area contributed by atoms with Crippen LogP contribution >= 0.6 is 11.8 Å². The average Bonchev–Trinajstić information content (AvgIpc) is 3.31. The number of aromatic nitrogens is 5. The van der Waals surface area contributed by atoms with Gasteiger partial charge in [-0.25, -0.2) is 13.7 Å². The van der Waals surface area contributed by atoms with Crippen LogP contribution in [0.4, 0.5) is 4.39 Å². The lowest BCUT2D eigenvalue weighted by Crippen LogP contribution is -2.30. The number of benzene rings is 1. The molecule has 10 heteroatoms. The van der Waals surface area contributed by atoms with Crippen molar-refractivity contribution < 1.29 is 9.18 Å². The van der Waals surface area contributed by atoms with Gasteiger partial charge in [-0.05, 0) is 50.5 Å². The molecule has 0 aliphatic heterocycles. The molecule has 4 rings (SSSR count). The van der Waals surface area contributed by atoms with Crippen molar-refractivity contribution in [3.8, 4) is 5.95 Å². The van der Waals surface area contributed by atoms with Gasteiger partial charge in [0.05, 0.1) is 5.69 Å². The van der Waals surface area contributed by atoms with E-state index >= 15 is 0 Å². The maximum absolute atomic E-state index is 13.3. The number of nitrogens with zero attached hydrogens (tertiary/aromatic N) is 5. The topological polar surface area (TPSA) is 104 Å². The Morgan fingerprint density at radius 3 is 2.61 bits per heavy atom. The Labute approximate surface area is 165 Å². The number of rotatable bonds is 6. The summed E-state index contributed by atoms with van der Waals surface area (Å²) in [6.07, 6.45) is 1.95. The average molecular weight is 401 g/mol. The number of halogens is 1. The van der Waals surface area contributed by atoms with E-state index in [0.717, 1.165) is 24.2 Å². The SMILES string of the molecule is Cc1cc(C)n(-c2nnc(SC(C(=O)NC3CC3)c3ccc(F)cc3)n2N)n1. The number of nitrogen functional groups attached to an aromatic ring is 1. The van der Waals surface area contributed by atoms with E-state index in [2.05, 4.69) is 20.6 Å². The molecule has 1 fully saturated rings. The molecule has 0 spiro atoms. The van der Waals surface area contributed by atoms with Crippen LogP contribution in [-0.2, 0) is 4.79 Å². The molecule has 0 bridgehead atoms. The van der Waals surface area contributed by atoms with Crippen LogP contribution < -0.4 is 11.2 Å². The highest BCUT2D eigenvalue weighted by molar-refractivity contribution is 8.00. The summed E-state index contributed by atoms with van der Waals surface area (Å²) in [5.41, 5.74) is 2.37. The van der Waals surface area contributed by atoms with Gasteiger partial charge in [0.2, 0.25) is 11.1 Å². The highest BCUT2D eigenvalue weighted by atomic mass is 32.2. The molecule has 1 saturated carbocycles. The fourth-order valence-corrected chi connectivity index (χ4v) is 3.81. The number of carbonyl (C=O) groups is 1. The third-order valence-corrected chi connectivity index (χ3v) is 5.61. The summed E-state index contributed by atoms with van der Waals surface area (Å²) in [6, 6.07) is 7.98. The van der Waals surface area contributed by atoms with E-state index in [-0.39, 0.29) is 17.8 Å². The van der Waals surface area contributed by atoms with Gasteiger partial charge in [0, 0.05) is 11.7 Å². The fraction of sp³-hybridized carbons (Fsp3) is 0.333. The van der Waals surface area contributed by atoms with Gasteiger partial charge in [-0.3, -0.25) is 4.79 Å². The minimum Gasteiger partial charge on any atom is -0.352 e. The number of thioether (sulfide) groups is 1. The predicted molar refractivity (Wildman–Crippen MR) is 103 cm³/mol. The van der Waals surface area contributed by atoms with Gasteiger partial charge in [0.25, 0.3) is 5.95 Å². The lowest BCUT2D eigenvalue weighted by Gasteiger charge is -2.16. The van der Waals surface area contributed by atoms with E-state index in [4.69, 9.17) is 5.84 Å². The maximum Gasteiger partial charge on any atom is 0.271 e. The Kier molecular flexibility index (Phi) is 4.80. The van der Waals surface area contributed by atoms with Gasteiger partial charge in [0.15, 0.2) is 0 Å². The van der Waals surface area contributed by atoms with Gasteiger partial charge in [-0.2, -0.15) is 5.10 Å². The zero-order valence-electron chi connectivity index (χ0n) is 15.5. The molecule has 1 atom stereocenters. The Bertz CT molecular complexity index is 1010. The molecule has 1 aliphatic rings. The molecule has 2 aromatic heterocycles. The second-order valence-electron chi connectivity index (χ2n) is 6.82. The highest BCUT2D eigenvalue weighted by Gasteiger charge is 2.31. The first-order chi connectivity index (χ1) is 13.4. The zero-order valence-corrected chi connectivity index (χ0v) is 16.3. The monoisotopic (exact) mass is 401 g/mol. The van der Waals surface area contributed by atoms with E-state index in [0.29, 0.717) is 16.7 Å². The number of carbonyl (C=O) groups excluding carboxylic acids is 1. The number of amides is 1. The van der Waals surface area contributed by atoms with Crippen LogP contribution in [0.3, 0.4) is 0 Å². The molecular weight excluding hydrogens is 381 g/mol. The summed E-state index contributed by atoms with van der Waals surface area (Å²) in [6.45, 7) is 3.77. The van der Waals surface area contributed by atoms with E-state index in [9.17, 15) is 9.18 Å². The van der Waals surface area contributed by atoms with Crippen molar-refractivity contribution in [3.05, 3.63) is 53.1 Å². The summed E-state index contributed by atoms with van der Waals surface area (Å²) in [7, 11) is 0. The number of nitrogens with one attached hydrogen (secondary N) is 1. The number of hydrogen-bond acceptors (Lipinski definition) is 6. The van der Waals surface area contributed by atoms with Crippen LogP contribution in [0.2, 0.25) is 0 Å². The van der Waals surface area contributed by atoms with Gasteiger partial charge in [-0.1, -0.05) is 23.9 Å². The molecule has 0 radical (unpaired) electrons. The molecule has 1 unspecified atom stereocenters. The molecular formula is C18H20FN7OS. The van der Waals surface area contributed by atoms with Crippen molar-refractivity contribution in [1.82, 2.24) is 30.0 Å². The Morgan fingerprint density at radius 1 is 1.29 bits per heavy atom. The Balaban J connectivity index is 1.64. The molecule has 1 amide bonds. The predicted octanol–water partition coefficient (Wildman–Crippen LogP) is 2.05. The Hall–Kier alpha value is -2.88. The van der Waals surface area contributed by atoms with Crippen LogP contribution in [0, 0.1) is 19.7 Å². The van der Waals surface area contributed by atoms with Crippen molar-refractivity contribution in [2.24, 2.45) is 0 Å². The van der Waals surface area contributed by atoms with Crippen molar-refractivity contribution in [3.63, 3.8) is 0 Å². The first-order valence-corrected chi connectivity index (χ1v) is 9.77. The van der Waals surface area contributed by atoms with Crippen molar-refractivity contribution >= 4 is 17.7 Å². The molecule has 2 heterocycles. The van der Waals surface area contributed by atoms with E-state index < -0.39 is 5.25 Å². The first kappa shape index (κ1) is 18.5. The van der Waals surface area contributed by atoms with Gasteiger partial charge in [-0.15, -0.1) is 10.2 Å². The summed E-state index contributed by atoms with van der Waals surface area (Å²) in [5.74, 6) is 6.04.